The highest BCUT2D eigenvalue weighted by atomic mass is 19.4. The van der Waals surface area contributed by atoms with Crippen molar-refractivity contribution in [1.82, 2.24) is 4.90 Å². The molecule has 1 N–H and O–H groups in total. The van der Waals surface area contributed by atoms with Crippen molar-refractivity contribution in [3.05, 3.63) is 92.3 Å². The number of carbonyl (C=O) groups excluding carboxylic acids is 2. The van der Waals surface area contributed by atoms with Gasteiger partial charge in [-0.15, -0.1) is 6.58 Å². The SMILES string of the molecule is C=CCc1cc(C2C3=C(CC(C)(C)CC3=O)N(CCC(=O)O)C3=C2C(=O)CC(C)(C)C3)cc(OC)c1Oc1ccc(C(F)(F)F)cc1[N+](=O)[O-]. The second-order valence-electron chi connectivity index (χ2n) is 14.6. The van der Waals surface area contributed by atoms with E-state index in [1.165, 1.54) is 7.11 Å². The average molecular weight is 697 g/mol. The average Bonchev–Trinajstić information content (AvgIpc) is 2.98. The molecule has 2 aromatic carbocycles. The summed E-state index contributed by atoms with van der Waals surface area (Å²) >= 11 is 0. The molecule has 3 aliphatic rings. The van der Waals surface area contributed by atoms with E-state index in [2.05, 4.69) is 6.58 Å². The molecule has 0 amide bonds. The summed E-state index contributed by atoms with van der Waals surface area (Å²) in [6.07, 6.45) is -2.03. The lowest BCUT2D eigenvalue weighted by molar-refractivity contribution is -0.385. The van der Waals surface area contributed by atoms with Gasteiger partial charge in [0.1, 0.15) is 0 Å². The molecule has 0 spiro atoms. The molecule has 10 nitrogen and oxygen atoms in total. The number of benzene rings is 2. The number of nitrogens with zero attached hydrogens (tertiary/aromatic N) is 2. The Morgan fingerprint density at radius 3 is 2.08 bits per heavy atom. The van der Waals surface area contributed by atoms with Gasteiger partial charge in [0.2, 0.25) is 5.75 Å². The Morgan fingerprint density at radius 1 is 1.02 bits per heavy atom. The van der Waals surface area contributed by atoms with Gasteiger partial charge >= 0.3 is 17.8 Å². The van der Waals surface area contributed by atoms with Crippen molar-refractivity contribution >= 4 is 23.2 Å². The molecule has 0 unspecified atom stereocenters. The molecule has 0 atom stereocenters. The third-order valence-electron chi connectivity index (χ3n) is 9.34. The molecular weight excluding hydrogens is 657 g/mol. The monoisotopic (exact) mass is 696 g/mol. The van der Waals surface area contributed by atoms with Gasteiger partial charge in [0.05, 0.1) is 24.0 Å². The fourth-order valence-electron chi connectivity index (χ4n) is 7.32. The number of carbonyl (C=O) groups is 3. The van der Waals surface area contributed by atoms with Crippen LogP contribution < -0.4 is 9.47 Å². The number of hydrogen-bond donors (Lipinski definition) is 1. The first-order valence-corrected chi connectivity index (χ1v) is 16.1. The molecule has 2 aromatic rings. The molecule has 5 rings (SSSR count). The molecule has 266 valence electrons. The lowest BCUT2D eigenvalue weighted by Crippen LogP contribution is -2.45. The van der Waals surface area contributed by atoms with Gasteiger partial charge in [0.25, 0.3) is 0 Å². The molecule has 1 aliphatic heterocycles. The van der Waals surface area contributed by atoms with E-state index in [9.17, 15) is 42.8 Å². The van der Waals surface area contributed by atoms with Crippen molar-refractivity contribution in [2.24, 2.45) is 10.8 Å². The lowest BCUT2D eigenvalue weighted by Gasteiger charge is -2.49. The minimum absolute atomic E-state index is 0.00600. The molecule has 2 aliphatic carbocycles. The number of alkyl halides is 3. The molecular formula is C37H39F3N2O8. The van der Waals surface area contributed by atoms with E-state index >= 15 is 0 Å². The van der Waals surface area contributed by atoms with Crippen LogP contribution in [0.1, 0.15) is 82.4 Å². The van der Waals surface area contributed by atoms with Crippen LogP contribution in [-0.4, -0.2) is 46.1 Å². The number of nitro groups is 1. The number of ketones is 2. The number of allylic oxidation sites excluding steroid dienone is 5. The molecule has 13 heteroatoms. The third kappa shape index (κ3) is 7.03. The fraction of sp³-hybridized carbons (Fsp3) is 0.432. The number of hydrogen-bond acceptors (Lipinski definition) is 8. The summed E-state index contributed by atoms with van der Waals surface area (Å²) in [6, 6.07) is 5.23. The fourth-order valence-corrected chi connectivity index (χ4v) is 7.32. The van der Waals surface area contributed by atoms with Crippen LogP contribution in [0.4, 0.5) is 18.9 Å². The maximum absolute atomic E-state index is 14.1. The molecule has 0 bridgehead atoms. The largest absolute Gasteiger partial charge is 0.493 e. The van der Waals surface area contributed by atoms with Gasteiger partial charge in [-0.05, 0) is 53.9 Å². The Labute approximate surface area is 287 Å². The van der Waals surface area contributed by atoms with Crippen molar-refractivity contribution in [2.75, 3.05) is 13.7 Å². The highest BCUT2D eigenvalue weighted by molar-refractivity contribution is 6.07. The maximum Gasteiger partial charge on any atom is 0.416 e. The number of aliphatic carboxylic acids is 1. The maximum atomic E-state index is 14.1. The number of methoxy groups -OCH3 is 1. The topological polar surface area (TPSA) is 136 Å². The van der Waals surface area contributed by atoms with Crippen LogP contribution in [0.25, 0.3) is 0 Å². The first-order valence-electron chi connectivity index (χ1n) is 16.1. The summed E-state index contributed by atoms with van der Waals surface area (Å²) in [4.78, 5) is 52.8. The molecule has 0 saturated heterocycles. The van der Waals surface area contributed by atoms with Crippen molar-refractivity contribution in [1.29, 1.82) is 0 Å². The molecule has 0 saturated carbocycles. The Morgan fingerprint density at radius 2 is 1.60 bits per heavy atom. The molecule has 1 heterocycles. The predicted octanol–water partition coefficient (Wildman–Crippen LogP) is 8.30. The normalized spacial score (nSPS) is 18.8. The number of Topliss-reactive ketones (excluding diaryl/α,β-unsaturated/α-hetero) is 2. The van der Waals surface area contributed by atoms with E-state index in [0.29, 0.717) is 58.6 Å². The van der Waals surface area contributed by atoms with E-state index in [-0.39, 0.29) is 55.3 Å². The Bertz CT molecular complexity index is 1820. The van der Waals surface area contributed by atoms with Gasteiger partial charge in [0.15, 0.2) is 23.1 Å². The number of carboxylic acid groups (broad SMARTS) is 1. The van der Waals surface area contributed by atoms with E-state index in [1.807, 2.05) is 32.6 Å². The van der Waals surface area contributed by atoms with Crippen LogP contribution in [0.15, 0.2) is 65.5 Å². The van der Waals surface area contributed by atoms with E-state index in [0.717, 1.165) is 6.07 Å². The van der Waals surface area contributed by atoms with Crippen LogP contribution in [0.3, 0.4) is 0 Å². The number of carboxylic acids is 1. The van der Waals surface area contributed by atoms with Gasteiger partial charge in [0, 0.05) is 59.5 Å². The minimum atomic E-state index is -4.82. The van der Waals surface area contributed by atoms with Crippen molar-refractivity contribution in [3.63, 3.8) is 0 Å². The van der Waals surface area contributed by atoms with E-state index < -0.39 is 50.8 Å². The predicted molar refractivity (Wildman–Crippen MR) is 177 cm³/mol. The zero-order valence-electron chi connectivity index (χ0n) is 28.5. The highest BCUT2D eigenvalue weighted by Crippen LogP contribution is 2.55. The summed E-state index contributed by atoms with van der Waals surface area (Å²) in [7, 11) is 1.33. The van der Waals surface area contributed by atoms with E-state index in [1.54, 1.807) is 18.2 Å². The summed E-state index contributed by atoms with van der Waals surface area (Å²) in [6.45, 7) is 11.8. The van der Waals surface area contributed by atoms with Crippen LogP contribution in [0.5, 0.6) is 17.2 Å². The molecule has 50 heavy (non-hydrogen) atoms. The summed E-state index contributed by atoms with van der Waals surface area (Å²) in [5.74, 6) is -2.57. The summed E-state index contributed by atoms with van der Waals surface area (Å²) in [5.41, 5.74) is 0.0643. The molecule has 0 fully saturated rings. The zero-order chi connectivity index (χ0) is 36.9. The first kappa shape index (κ1) is 36.3. The summed E-state index contributed by atoms with van der Waals surface area (Å²) < 4.78 is 51.9. The number of halogens is 3. The Hall–Kier alpha value is -4.94. The Balaban J connectivity index is 1.74. The molecule has 0 aromatic heterocycles. The standard InChI is InChI=1S/C37H39F3N2O8/c1-7-8-20-13-21(14-29(49-6)34(20)50-28-10-9-22(37(38,39)40)15-23(28)42(47)48)31-32-24(16-35(2,3)18-26(32)43)41(12-11-30(45)46)25-17-36(4,5)19-27(44)33(25)31/h7,9-10,13-15,31H,1,8,11-12,16-19H2,2-6H3,(H,45,46). The molecule has 0 radical (unpaired) electrons. The number of ether oxygens (including phenoxy) is 2. The second-order valence-corrected chi connectivity index (χ2v) is 14.6. The minimum Gasteiger partial charge on any atom is -0.493 e. The smallest absolute Gasteiger partial charge is 0.416 e. The number of rotatable bonds is 10. The lowest BCUT2D eigenvalue weighted by atomic mass is 9.63. The van der Waals surface area contributed by atoms with Crippen molar-refractivity contribution < 1.29 is 47.1 Å². The van der Waals surface area contributed by atoms with Crippen LogP contribution in [0, 0.1) is 20.9 Å². The van der Waals surface area contributed by atoms with Gasteiger partial charge in [-0.1, -0.05) is 39.8 Å². The third-order valence-corrected chi connectivity index (χ3v) is 9.34. The van der Waals surface area contributed by atoms with E-state index in [4.69, 9.17) is 9.47 Å². The summed E-state index contributed by atoms with van der Waals surface area (Å²) in [5, 5.41) is 21.5. The van der Waals surface area contributed by atoms with Gasteiger partial charge in [-0.25, -0.2) is 0 Å². The van der Waals surface area contributed by atoms with Crippen LogP contribution in [0.2, 0.25) is 0 Å². The van der Waals surface area contributed by atoms with Gasteiger partial charge in [-0.3, -0.25) is 24.5 Å². The Kier molecular flexibility index (Phi) is 9.50. The second kappa shape index (κ2) is 13.1. The zero-order valence-corrected chi connectivity index (χ0v) is 28.5. The number of nitro benzene ring substituents is 1. The first-order chi connectivity index (χ1) is 23.3. The highest BCUT2D eigenvalue weighted by Gasteiger charge is 2.49. The van der Waals surface area contributed by atoms with Crippen LogP contribution in [-0.2, 0) is 27.0 Å². The van der Waals surface area contributed by atoms with Gasteiger partial charge < -0.3 is 19.5 Å². The van der Waals surface area contributed by atoms with Crippen LogP contribution >= 0.6 is 0 Å². The quantitative estimate of drug-likeness (QED) is 0.148. The van der Waals surface area contributed by atoms with Gasteiger partial charge in [-0.2, -0.15) is 13.2 Å². The van der Waals surface area contributed by atoms with Crippen molar-refractivity contribution in [3.8, 4) is 17.2 Å². The van der Waals surface area contributed by atoms with Crippen molar-refractivity contribution in [2.45, 2.75) is 78.3 Å².